The van der Waals surface area contributed by atoms with Gasteiger partial charge in [0.15, 0.2) is 5.16 Å². The van der Waals surface area contributed by atoms with Crippen LogP contribution in [0.1, 0.15) is 6.92 Å². The van der Waals surface area contributed by atoms with Gasteiger partial charge in [-0.25, -0.2) is 0 Å². The molecule has 0 fully saturated rings. The smallest absolute Gasteiger partial charge is 0.300 e. The molecule has 2 aromatic heterocycles. The van der Waals surface area contributed by atoms with Gasteiger partial charge in [-0.15, -0.1) is 10.2 Å². The van der Waals surface area contributed by atoms with Crippen LogP contribution < -0.4 is 10.3 Å². The van der Waals surface area contributed by atoms with Crippen LogP contribution >= 0.6 is 11.8 Å². The zero-order valence-electron chi connectivity index (χ0n) is 11.7. The highest BCUT2D eigenvalue weighted by atomic mass is 32.2. The Bertz CT molecular complexity index is 840. The standard InChI is InChI=1S/C14H14N4O2S/c1-3-21-14-16-15-12-13(19)17(7-8-18(12)14)10-5-4-6-11(9-10)20-2/h4-9H,3H2,1-2H3. The highest BCUT2D eigenvalue weighted by Gasteiger charge is 2.11. The summed E-state index contributed by atoms with van der Waals surface area (Å²) in [5, 5.41) is 8.77. The summed E-state index contributed by atoms with van der Waals surface area (Å²) in [4.78, 5) is 12.5. The number of fused-ring (bicyclic) bond motifs is 1. The highest BCUT2D eigenvalue weighted by molar-refractivity contribution is 7.99. The van der Waals surface area contributed by atoms with E-state index in [0.29, 0.717) is 11.4 Å². The molecule has 108 valence electrons. The number of hydrogen-bond acceptors (Lipinski definition) is 5. The minimum atomic E-state index is -0.207. The summed E-state index contributed by atoms with van der Waals surface area (Å²) < 4.78 is 8.44. The van der Waals surface area contributed by atoms with E-state index in [4.69, 9.17) is 4.74 Å². The molecule has 0 bridgehead atoms. The maximum absolute atomic E-state index is 12.5. The maximum atomic E-state index is 12.5. The minimum absolute atomic E-state index is 0.207. The van der Waals surface area contributed by atoms with E-state index >= 15 is 0 Å². The summed E-state index contributed by atoms with van der Waals surface area (Å²) in [6.07, 6.45) is 3.52. The Kier molecular flexibility index (Phi) is 3.66. The molecular weight excluding hydrogens is 288 g/mol. The Labute approximate surface area is 125 Å². The molecule has 0 N–H and O–H groups in total. The molecule has 0 atom stereocenters. The van der Waals surface area contributed by atoms with Crippen LogP contribution in [0.2, 0.25) is 0 Å². The third-order valence-corrected chi connectivity index (χ3v) is 3.87. The molecule has 3 aromatic rings. The number of ether oxygens (including phenoxy) is 1. The summed E-state index contributed by atoms with van der Waals surface area (Å²) in [7, 11) is 1.60. The van der Waals surface area contributed by atoms with Gasteiger partial charge in [0.25, 0.3) is 0 Å². The van der Waals surface area contributed by atoms with Gasteiger partial charge >= 0.3 is 5.56 Å². The first-order chi connectivity index (χ1) is 10.2. The van der Waals surface area contributed by atoms with Gasteiger partial charge in [-0.2, -0.15) is 0 Å². The SMILES string of the molecule is CCSc1nnc2c(=O)n(-c3cccc(OC)c3)ccn12. The zero-order valence-corrected chi connectivity index (χ0v) is 12.5. The molecule has 6 nitrogen and oxygen atoms in total. The van der Waals surface area contributed by atoms with E-state index in [-0.39, 0.29) is 5.56 Å². The second kappa shape index (κ2) is 5.61. The molecule has 0 amide bonds. The van der Waals surface area contributed by atoms with Gasteiger partial charge in [-0.1, -0.05) is 24.8 Å². The van der Waals surface area contributed by atoms with Crippen molar-refractivity contribution in [2.45, 2.75) is 12.1 Å². The molecular formula is C14H14N4O2S. The first-order valence-electron chi connectivity index (χ1n) is 6.48. The average molecular weight is 302 g/mol. The second-order valence-electron chi connectivity index (χ2n) is 4.28. The Hall–Kier alpha value is -2.28. The first-order valence-corrected chi connectivity index (χ1v) is 7.46. The summed E-state index contributed by atoms with van der Waals surface area (Å²) in [6.45, 7) is 2.03. The maximum Gasteiger partial charge on any atom is 0.300 e. The monoisotopic (exact) mass is 302 g/mol. The fourth-order valence-corrected chi connectivity index (χ4v) is 2.70. The predicted molar refractivity (Wildman–Crippen MR) is 81.5 cm³/mol. The van der Waals surface area contributed by atoms with Crippen molar-refractivity contribution in [1.29, 1.82) is 0 Å². The summed E-state index contributed by atoms with van der Waals surface area (Å²) in [5.41, 5.74) is 0.840. The van der Waals surface area contributed by atoms with E-state index in [1.54, 1.807) is 41.7 Å². The third kappa shape index (κ3) is 2.40. The second-order valence-corrected chi connectivity index (χ2v) is 5.52. The Morgan fingerprint density at radius 2 is 2.14 bits per heavy atom. The van der Waals surface area contributed by atoms with Crippen molar-refractivity contribution < 1.29 is 4.74 Å². The average Bonchev–Trinajstić information content (AvgIpc) is 2.92. The molecule has 0 aliphatic heterocycles. The Morgan fingerprint density at radius 1 is 1.29 bits per heavy atom. The van der Waals surface area contributed by atoms with E-state index in [0.717, 1.165) is 16.6 Å². The lowest BCUT2D eigenvalue weighted by Gasteiger charge is -2.07. The van der Waals surface area contributed by atoms with E-state index in [2.05, 4.69) is 10.2 Å². The molecule has 0 saturated carbocycles. The van der Waals surface area contributed by atoms with Gasteiger partial charge in [0, 0.05) is 18.5 Å². The van der Waals surface area contributed by atoms with Crippen molar-refractivity contribution in [1.82, 2.24) is 19.2 Å². The van der Waals surface area contributed by atoms with Crippen molar-refractivity contribution in [3.63, 3.8) is 0 Å². The number of methoxy groups -OCH3 is 1. The van der Waals surface area contributed by atoms with Gasteiger partial charge in [-0.05, 0) is 17.9 Å². The Morgan fingerprint density at radius 3 is 2.90 bits per heavy atom. The number of benzene rings is 1. The number of aromatic nitrogens is 4. The van der Waals surface area contributed by atoms with Crippen molar-refractivity contribution in [3.05, 3.63) is 47.0 Å². The van der Waals surface area contributed by atoms with Crippen molar-refractivity contribution in [2.75, 3.05) is 12.9 Å². The van der Waals surface area contributed by atoms with E-state index in [9.17, 15) is 4.79 Å². The van der Waals surface area contributed by atoms with Gasteiger partial charge in [0.1, 0.15) is 5.75 Å². The molecule has 3 rings (SSSR count). The molecule has 7 heteroatoms. The van der Waals surface area contributed by atoms with Crippen LogP contribution in [-0.4, -0.2) is 32.0 Å². The quantitative estimate of drug-likeness (QED) is 0.690. The minimum Gasteiger partial charge on any atom is -0.497 e. The van der Waals surface area contributed by atoms with Crippen LogP contribution in [0.5, 0.6) is 5.75 Å². The summed E-state index contributed by atoms with van der Waals surface area (Å²) in [6, 6.07) is 7.32. The molecule has 0 aliphatic carbocycles. The van der Waals surface area contributed by atoms with E-state index < -0.39 is 0 Å². The van der Waals surface area contributed by atoms with Gasteiger partial charge in [-0.3, -0.25) is 13.8 Å². The molecule has 0 spiro atoms. The molecule has 0 radical (unpaired) electrons. The van der Waals surface area contributed by atoms with Crippen molar-refractivity contribution in [3.8, 4) is 11.4 Å². The van der Waals surface area contributed by atoms with Gasteiger partial charge < -0.3 is 4.74 Å². The number of rotatable bonds is 4. The van der Waals surface area contributed by atoms with Crippen molar-refractivity contribution >= 4 is 17.4 Å². The molecule has 21 heavy (non-hydrogen) atoms. The summed E-state index contributed by atoms with van der Waals surface area (Å²) in [5.74, 6) is 1.57. The number of thioether (sulfide) groups is 1. The normalized spacial score (nSPS) is 11.0. The highest BCUT2D eigenvalue weighted by Crippen LogP contribution is 2.17. The molecule has 1 aromatic carbocycles. The topological polar surface area (TPSA) is 61.4 Å². The first kappa shape index (κ1) is 13.7. The van der Waals surface area contributed by atoms with Crippen LogP contribution in [0.3, 0.4) is 0 Å². The summed E-state index contributed by atoms with van der Waals surface area (Å²) >= 11 is 1.55. The van der Waals surface area contributed by atoms with Crippen LogP contribution in [-0.2, 0) is 0 Å². The fraction of sp³-hybridized carbons (Fsp3) is 0.214. The van der Waals surface area contributed by atoms with Gasteiger partial charge in [0.05, 0.1) is 12.8 Å². The van der Waals surface area contributed by atoms with Crippen LogP contribution in [0.15, 0.2) is 46.6 Å². The van der Waals surface area contributed by atoms with Gasteiger partial charge in [0.2, 0.25) is 5.65 Å². The Balaban J connectivity index is 2.16. The predicted octanol–water partition coefficient (Wildman–Crippen LogP) is 2.00. The molecule has 2 heterocycles. The van der Waals surface area contributed by atoms with Crippen LogP contribution in [0, 0.1) is 0 Å². The van der Waals surface area contributed by atoms with Crippen molar-refractivity contribution in [2.24, 2.45) is 0 Å². The van der Waals surface area contributed by atoms with E-state index in [1.807, 2.05) is 25.1 Å². The fourth-order valence-electron chi connectivity index (χ4n) is 2.06. The zero-order chi connectivity index (χ0) is 14.8. The van der Waals surface area contributed by atoms with E-state index in [1.165, 1.54) is 4.57 Å². The number of hydrogen-bond donors (Lipinski definition) is 0. The van der Waals surface area contributed by atoms with Crippen LogP contribution in [0.25, 0.3) is 11.3 Å². The largest absolute Gasteiger partial charge is 0.497 e. The molecule has 0 saturated heterocycles. The molecule has 0 unspecified atom stereocenters. The lowest BCUT2D eigenvalue weighted by atomic mass is 10.3. The molecule has 0 aliphatic rings. The lowest BCUT2D eigenvalue weighted by Crippen LogP contribution is -2.20. The lowest BCUT2D eigenvalue weighted by molar-refractivity contribution is 0.414. The number of nitrogens with zero attached hydrogens (tertiary/aromatic N) is 4. The third-order valence-electron chi connectivity index (χ3n) is 3.04. The van der Waals surface area contributed by atoms with Crippen LogP contribution in [0.4, 0.5) is 0 Å².